The highest BCUT2D eigenvalue weighted by Gasteiger charge is 2.38. The maximum Gasteiger partial charge on any atom is 0.0873 e. The Labute approximate surface area is 108 Å². The van der Waals surface area contributed by atoms with Crippen LogP contribution in [0.4, 0.5) is 0 Å². The molecule has 1 N–H and O–H groups in total. The Morgan fingerprint density at radius 3 is 1.94 bits per heavy atom. The molecule has 0 heterocycles. The van der Waals surface area contributed by atoms with Crippen LogP contribution < -0.4 is 5.32 Å². The minimum atomic E-state index is 0.105. The predicted molar refractivity (Wildman–Crippen MR) is 77.1 cm³/mol. The molecule has 2 nitrogen and oxygen atoms in total. The van der Waals surface area contributed by atoms with Crippen molar-refractivity contribution in [2.45, 2.75) is 65.5 Å². The fourth-order valence-electron chi connectivity index (χ4n) is 2.83. The second-order valence-electron chi connectivity index (χ2n) is 4.54. The van der Waals surface area contributed by atoms with Crippen LogP contribution in [0.25, 0.3) is 0 Å². The highest BCUT2D eigenvalue weighted by molar-refractivity contribution is 5.13. The normalized spacial score (nSPS) is 13.7. The van der Waals surface area contributed by atoms with Gasteiger partial charge in [-0.15, -0.1) is 6.42 Å². The fourth-order valence-corrected chi connectivity index (χ4v) is 2.83. The summed E-state index contributed by atoms with van der Waals surface area (Å²) in [4.78, 5) is 2.51. The van der Waals surface area contributed by atoms with Crippen molar-refractivity contribution >= 4 is 0 Å². The lowest BCUT2D eigenvalue weighted by molar-refractivity contribution is 0.0679. The monoisotopic (exact) mass is 238 g/mol. The number of terminal acetylenes is 1. The molecule has 0 bridgehead atoms. The number of nitrogens with zero attached hydrogens (tertiary/aromatic N) is 1. The summed E-state index contributed by atoms with van der Waals surface area (Å²) in [5, 5.41) is 3.53. The van der Waals surface area contributed by atoms with Gasteiger partial charge in [-0.1, -0.05) is 40.5 Å². The van der Waals surface area contributed by atoms with Gasteiger partial charge >= 0.3 is 0 Å². The Morgan fingerprint density at radius 1 is 1.12 bits per heavy atom. The number of rotatable bonds is 9. The van der Waals surface area contributed by atoms with Crippen molar-refractivity contribution in [1.82, 2.24) is 10.2 Å². The summed E-state index contributed by atoms with van der Waals surface area (Å²) < 4.78 is 0. The lowest BCUT2D eigenvalue weighted by atomic mass is 9.82. The summed E-state index contributed by atoms with van der Waals surface area (Å²) >= 11 is 0. The lowest BCUT2D eigenvalue weighted by Crippen LogP contribution is -2.60. The van der Waals surface area contributed by atoms with Crippen LogP contribution in [0, 0.1) is 12.3 Å². The van der Waals surface area contributed by atoms with Gasteiger partial charge in [0.05, 0.1) is 6.04 Å². The van der Waals surface area contributed by atoms with Crippen molar-refractivity contribution in [1.29, 1.82) is 0 Å². The maximum absolute atomic E-state index is 5.76. The third-order valence-electron chi connectivity index (χ3n) is 3.92. The summed E-state index contributed by atoms with van der Waals surface area (Å²) in [5.41, 5.74) is 0.105. The third kappa shape index (κ3) is 3.72. The SMILES string of the molecule is C#CC(NCCC)C(CC)(CC)N(CC)CC. The van der Waals surface area contributed by atoms with E-state index in [9.17, 15) is 0 Å². The molecule has 17 heavy (non-hydrogen) atoms. The maximum atomic E-state index is 5.76. The molecule has 0 spiro atoms. The molecule has 100 valence electrons. The zero-order chi connectivity index (χ0) is 13.3. The van der Waals surface area contributed by atoms with E-state index in [2.05, 4.69) is 50.8 Å². The molecule has 0 rings (SSSR count). The molecule has 0 aromatic rings. The first-order valence-electron chi connectivity index (χ1n) is 7.11. The first kappa shape index (κ1) is 16.5. The van der Waals surface area contributed by atoms with Gasteiger partial charge in [0, 0.05) is 5.54 Å². The molecule has 0 aliphatic heterocycles. The van der Waals surface area contributed by atoms with Crippen LogP contribution in [0.5, 0.6) is 0 Å². The summed E-state index contributed by atoms with van der Waals surface area (Å²) in [6, 6.07) is 0.150. The highest BCUT2D eigenvalue weighted by atomic mass is 15.2. The van der Waals surface area contributed by atoms with Gasteiger partial charge < -0.3 is 5.32 Å². The average Bonchev–Trinajstić information content (AvgIpc) is 2.38. The van der Waals surface area contributed by atoms with E-state index in [0.717, 1.165) is 38.9 Å². The third-order valence-corrected chi connectivity index (χ3v) is 3.92. The summed E-state index contributed by atoms with van der Waals surface area (Å²) in [6.07, 6.45) is 9.07. The molecule has 0 amide bonds. The summed E-state index contributed by atoms with van der Waals surface area (Å²) in [6.45, 7) is 14.2. The summed E-state index contributed by atoms with van der Waals surface area (Å²) in [5.74, 6) is 2.98. The molecule has 0 fully saturated rings. The molecule has 0 aromatic heterocycles. The molecular formula is C15H30N2. The van der Waals surface area contributed by atoms with E-state index >= 15 is 0 Å². The second-order valence-corrected chi connectivity index (χ2v) is 4.54. The Hall–Kier alpha value is -0.520. The van der Waals surface area contributed by atoms with Crippen LogP contribution in [0.3, 0.4) is 0 Å². The van der Waals surface area contributed by atoms with Crippen molar-refractivity contribution in [3.63, 3.8) is 0 Å². The molecular weight excluding hydrogens is 208 g/mol. The topological polar surface area (TPSA) is 15.3 Å². The molecule has 0 aromatic carbocycles. The van der Waals surface area contributed by atoms with Crippen molar-refractivity contribution < 1.29 is 0 Å². The molecule has 0 radical (unpaired) electrons. The van der Waals surface area contributed by atoms with Crippen molar-refractivity contribution in [2.75, 3.05) is 19.6 Å². The molecule has 1 atom stereocenters. The van der Waals surface area contributed by atoms with Crippen molar-refractivity contribution in [2.24, 2.45) is 0 Å². The van der Waals surface area contributed by atoms with Gasteiger partial charge in [0.1, 0.15) is 0 Å². The van der Waals surface area contributed by atoms with E-state index in [0.29, 0.717) is 0 Å². The van der Waals surface area contributed by atoms with Gasteiger partial charge in [-0.3, -0.25) is 4.90 Å². The smallest absolute Gasteiger partial charge is 0.0873 e. The standard InChI is InChI=1S/C15H30N2/c1-7-13-16-14(8-2)15(9-3,10-4)17(11-5)12-6/h2,14,16H,7,9-13H2,1,3-6H3. The van der Waals surface area contributed by atoms with Crippen LogP contribution in [-0.2, 0) is 0 Å². The minimum Gasteiger partial charge on any atom is -0.302 e. The van der Waals surface area contributed by atoms with Gasteiger partial charge in [-0.25, -0.2) is 0 Å². The van der Waals surface area contributed by atoms with Crippen molar-refractivity contribution in [3.8, 4) is 12.3 Å². The first-order chi connectivity index (χ1) is 8.16. The van der Waals surface area contributed by atoms with Crippen LogP contribution in [0.1, 0.15) is 53.9 Å². The number of nitrogens with one attached hydrogen (secondary N) is 1. The molecule has 1 unspecified atom stereocenters. The Morgan fingerprint density at radius 2 is 1.65 bits per heavy atom. The van der Waals surface area contributed by atoms with Crippen molar-refractivity contribution in [3.05, 3.63) is 0 Å². The number of hydrogen-bond acceptors (Lipinski definition) is 2. The van der Waals surface area contributed by atoms with E-state index in [1.165, 1.54) is 0 Å². The predicted octanol–water partition coefficient (Wildman–Crippen LogP) is 2.89. The molecule has 0 saturated carbocycles. The second kappa shape index (κ2) is 8.55. The molecule has 2 heteroatoms. The molecule has 0 aliphatic carbocycles. The van der Waals surface area contributed by atoms with Gasteiger partial charge in [-0.05, 0) is 38.9 Å². The zero-order valence-corrected chi connectivity index (χ0v) is 12.3. The van der Waals surface area contributed by atoms with Gasteiger partial charge in [-0.2, -0.15) is 0 Å². The zero-order valence-electron chi connectivity index (χ0n) is 12.3. The van der Waals surface area contributed by atoms with E-state index in [1.54, 1.807) is 0 Å². The van der Waals surface area contributed by atoms with Crippen LogP contribution in [0.2, 0.25) is 0 Å². The Kier molecular flexibility index (Phi) is 8.29. The Balaban J connectivity index is 5.06. The van der Waals surface area contributed by atoms with Crippen LogP contribution in [-0.4, -0.2) is 36.1 Å². The first-order valence-corrected chi connectivity index (χ1v) is 7.11. The van der Waals surface area contributed by atoms with Crippen LogP contribution in [0.15, 0.2) is 0 Å². The minimum absolute atomic E-state index is 0.105. The van der Waals surface area contributed by atoms with Gasteiger partial charge in [0.25, 0.3) is 0 Å². The van der Waals surface area contributed by atoms with Gasteiger partial charge in [0.15, 0.2) is 0 Å². The van der Waals surface area contributed by atoms with E-state index < -0.39 is 0 Å². The van der Waals surface area contributed by atoms with E-state index in [-0.39, 0.29) is 11.6 Å². The fraction of sp³-hybridized carbons (Fsp3) is 0.867. The number of hydrogen-bond donors (Lipinski definition) is 1. The quantitative estimate of drug-likeness (QED) is 0.621. The summed E-state index contributed by atoms with van der Waals surface area (Å²) in [7, 11) is 0. The van der Waals surface area contributed by atoms with E-state index in [1.807, 2.05) is 0 Å². The largest absolute Gasteiger partial charge is 0.302 e. The van der Waals surface area contributed by atoms with Crippen LogP contribution >= 0.6 is 0 Å². The molecule has 0 aliphatic rings. The molecule has 0 saturated heterocycles. The van der Waals surface area contributed by atoms with Gasteiger partial charge in [0.2, 0.25) is 0 Å². The number of likely N-dealkylation sites (N-methyl/N-ethyl adjacent to an activating group) is 1. The lowest BCUT2D eigenvalue weighted by Gasteiger charge is -2.46. The van der Waals surface area contributed by atoms with E-state index in [4.69, 9.17) is 6.42 Å². The average molecular weight is 238 g/mol. The Bertz CT molecular complexity index is 222. The highest BCUT2D eigenvalue weighted by Crippen LogP contribution is 2.27.